The fourth-order valence-corrected chi connectivity index (χ4v) is 2.08. The van der Waals surface area contributed by atoms with Crippen molar-refractivity contribution in [3.8, 4) is 5.75 Å². The highest BCUT2D eigenvalue weighted by Gasteiger charge is 2.48. The topological polar surface area (TPSA) is 64.3 Å². The number of benzene rings is 1. The van der Waals surface area contributed by atoms with Crippen LogP contribution in [-0.2, 0) is 11.3 Å². The normalized spacial score (nSPS) is 16.2. The van der Waals surface area contributed by atoms with Gasteiger partial charge in [0.05, 0.1) is 12.5 Å². The lowest BCUT2D eigenvalue weighted by molar-refractivity contribution is -0.126. The Kier molecular flexibility index (Phi) is 3.57. The predicted octanol–water partition coefficient (Wildman–Crippen LogP) is 1.36. The molecule has 0 aromatic heterocycles. The van der Waals surface area contributed by atoms with Crippen molar-refractivity contribution in [3.05, 3.63) is 29.3 Å². The molecule has 0 radical (unpaired) electrons. The molecule has 1 aliphatic rings. The van der Waals surface area contributed by atoms with Crippen molar-refractivity contribution in [2.45, 2.75) is 26.3 Å². The summed E-state index contributed by atoms with van der Waals surface area (Å²) in [7, 11) is 1.64. The molecule has 2 rings (SSSR count). The second-order valence-corrected chi connectivity index (χ2v) is 4.98. The average Bonchev–Trinajstić information content (AvgIpc) is 3.17. The number of hydrogen-bond donors (Lipinski definition) is 2. The minimum absolute atomic E-state index is 0.0635. The van der Waals surface area contributed by atoms with Crippen LogP contribution in [-0.4, -0.2) is 19.6 Å². The van der Waals surface area contributed by atoms with Gasteiger partial charge in [-0.1, -0.05) is 17.7 Å². The van der Waals surface area contributed by atoms with E-state index in [1.165, 1.54) is 0 Å². The summed E-state index contributed by atoms with van der Waals surface area (Å²) in [6, 6.07) is 5.94. The number of amides is 1. The Hall–Kier alpha value is -1.55. The Morgan fingerprint density at radius 2 is 2.22 bits per heavy atom. The largest absolute Gasteiger partial charge is 0.496 e. The number of hydrogen-bond acceptors (Lipinski definition) is 3. The molecule has 0 atom stereocenters. The Bertz CT molecular complexity index is 453. The highest BCUT2D eigenvalue weighted by molar-refractivity contribution is 5.85. The quantitative estimate of drug-likeness (QED) is 0.827. The summed E-state index contributed by atoms with van der Waals surface area (Å²) in [5, 5.41) is 2.96. The van der Waals surface area contributed by atoms with Gasteiger partial charge in [0.1, 0.15) is 5.75 Å². The van der Waals surface area contributed by atoms with Gasteiger partial charge in [-0.3, -0.25) is 4.79 Å². The molecule has 18 heavy (non-hydrogen) atoms. The monoisotopic (exact) mass is 248 g/mol. The molecule has 1 saturated carbocycles. The van der Waals surface area contributed by atoms with Crippen LogP contribution in [0.2, 0.25) is 0 Å². The Morgan fingerprint density at radius 3 is 2.78 bits per heavy atom. The molecule has 0 saturated heterocycles. The zero-order valence-corrected chi connectivity index (χ0v) is 11.0. The van der Waals surface area contributed by atoms with Crippen molar-refractivity contribution in [1.82, 2.24) is 5.32 Å². The first-order chi connectivity index (χ1) is 8.61. The van der Waals surface area contributed by atoms with E-state index in [0.29, 0.717) is 13.1 Å². The third-order valence-electron chi connectivity index (χ3n) is 3.60. The molecule has 1 aromatic carbocycles. The van der Waals surface area contributed by atoms with E-state index < -0.39 is 0 Å². The highest BCUT2D eigenvalue weighted by atomic mass is 16.5. The van der Waals surface area contributed by atoms with Crippen LogP contribution in [0.3, 0.4) is 0 Å². The Morgan fingerprint density at radius 1 is 1.50 bits per heavy atom. The maximum absolute atomic E-state index is 12.0. The first kappa shape index (κ1) is 12.9. The molecule has 4 nitrogen and oxygen atoms in total. The number of rotatable bonds is 5. The number of nitrogens with one attached hydrogen (secondary N) is 1. The molecule has 0 spiro atoms. The van der Waals surface area contributed by atoms with E-state index >= 15 is 0 Å². The molecule has 0 unspecified atom stereocenters. The molecule has 1 aliphatic carbocycles. The van der Waals surface area contributed by atoms with Crippen LogP contribution in [0.5, 0.6) is 5.75 Å². The van der Waals surface area contributed by atoms with Crippen LogP contribution in [0.1, 0.15) is 24.0 Å². The van der Waals surface area contributed by atoms with Gasteiger partial charge in [0.25, 0.3) is 0 Å². The number of methoxy groups -OCH3 is 1. The van der Waals surface area contributed by atoms with E-state index in [9.17, 15) is 4.79 Å². The molecule has 98 valence electrons. The van der Waals surface area contributed by atoms with Gasteiger partial charge in [-0.25, -0.2) is 0 Å². The molecule has 1 amide bonds. The fourth-order valence-electron chi connectivity index (χ4n) is 2.08. The van der Waals surface area contributed by atoms with Gasteiger partial charge in [-0.05, 0) is 25.8 Å². The minimum atomic E-state index is -0.295. The zero-order chi connectivity index (χ0) is 13.2. The third kappa shape index (κ3) is 2.48. The summed E-state index contributed by atoms with van der Waals surface area (Å²) < 4.78 is 5.28. The van der Waals surface area contributed by atoms with Crippen molar-refractivity contribution in [1.29, 1.82) is 0 Å². The summed E-state index contributed by atoms with van der Waals surface area (Å²) in [5.74, 6) is 0.868. The zero-order valence-electron chi connectivity index (χ0n) is 11.0. The number of carbonyl (C=O) groups is 1. The standard InChI is InChI=1S/C14H20N2O2/c1-10-3-4-12(18-2)11(7-10)8-16-13(17)14(9-15)5-6-14/h3-4,7H,5-6,8-9,15H2,1-2H3,(H,16,17). The summed E-state index contributed by atoms with van der Waals surface area (Å²) >= 11 is 0. The lowest BCUT2D eigenvalue weighted by atomic mass is 10.1. The average molecular weight is 248 g/mol. The summed E-state index contributed by atoms with van der Waals surface area (Å²) in [4.78, 5) is 12.0. The van der Waals surface area contributed by atoms with Crippen LogP contribution in [0.4, 0.5) is 0 Å². The van der Waals surface area contributed by atoms with Crippen LogP contribution in [0, 0.1) is 12.3 Å². The van der Waals surface area contributed by atoms with E-state index in [0.717, 1.165) is 29.7 Å². The van der Waals surface area contributed by atoms with Crippen molar-refractivity contribution in [3.63, 3.8) is 0 Å². The SMILES string of the molecule is COc1ccc(C)cc1CNC(=O)C1(CN)CC1. The molecular weight excluding hydrogens is 228 g/mol. The van der Waals surface area contributed by atoms with E-state index in [-0.39, 0.29) is 11.3 Å². The van der Waals surface area contributed by atoms with Crippen molar-refractivity contribution >= 4 is 5.91 Å². The van der Waals surface area contributed by atoms with Crippen LogP contribution < -0.4 is 15.8 Å². The van der Waals surface area contributed by atoms with Crippen LogP contribution >= 0.6 is 0 Å². The van der Waals surface area contributed by atoms with E-state index in [1.54, 1.807) is 7.11 Å². The van der Waals surface area contributed by atoms with E-state index in [2.05, 4.69) is 5.32 Å². The molecule has 3 N–H and O–H groups in total. The Balaban J connectivity index is 2.02. The molecule has 4 heteroatoms. The van der Waals surface area contributed by atoms with Gasteiger partial charge in [-0.2, -0.15) is 0 Å². The summed E-state index contributed by atoms with van der Waals surface area (Å²) in [5.41, 5.74) is 7.49. The van der Waals surface area contributed by atoms with Gasteiger partial charge >= 0.3 is 0 Å². The molecule has 0 bridgehead atoms. The first-order valence-corrected chi connectivity index (χ1v) is 6.23. The maximum atomic E-state index is 12.0. The van der Waals surface area contributed by atoms with Crippen LogP contribution in [0.15, 0.2) is 18.2 Å². The smallest absolute Gasteiger partial charge is 0.227 e. The highest BCUT2D eigenvalue weighted by Crippen LogP contribution is 2.44. The minimum Gasteiger partial charge on any atom is -0.496 e. The van der Waals surface area contributed by atoms with E-state index in [1.807, 2.05) is 25.1 Å². The number of nitrogens with two attached hydrogens (primary N) is 1. The van der Waals surface area contributed by atoms with Gasteiger partial charge in [0.15, 0.2) is 0 Å². The molecular formula is C14H20N2O2. The van der Waals surface area contributed by atoms with Gasteiger partial charge in [0, 0.05) is 18.7 Å². The number of ether oxygens (including phenoxy) is 1. The lowest BCUT2D eigenvalue weighted by Crippen LogP contribution is -2.36. The number of aryl methyl sites for hydroxylation is 1. The predicted molar refractivity (Wildman–Crippen MR) is 70.3 cm³/mol. The first-order valence-electron chi connectivity index (χ1n) is 6.23. The van der Waals surface area contributed by atoms with Gasteiger partial charge < -0.3 is 15.8 Å². The lowest BCUT2D eigenvalue weighted by Gasteiger charge is -2.14. The van der Waals surface area contributed by atoms with Crippen LogP contribution in [0.25, 0.3) is 0 Å². The Labute approximate surface area is 108 Å². The van der Waals surface area contributed by atoms with Crippen molar-refractivity contribution in [2.75, 3.05) is 13.7 Å². The van der Waals surface area contributed by atoms with Crippen molar-refractivity contribution < 1.29 is 9.53 Å². The second-order valence-electron chi connectivity index (χ2n) is 4.98. The fraction of sp³-hybridized carbons (Fsp3) is 0.500. The van der Waals surface area contributed by atoms with Gasteiger partial charge in [0.2, 0.25) is 5.91 Å². The van der Waals surface area contributed by atoms with Crippen molar-refractivity contribution in [2.24, 2.45) is 11.1 Å². The second kappa shape index (κ2) is 4.98. The third-order valence-corrected chi connectivity index (χ3v) is 3.60. The van der Waals surface area contributed by atoms with Gasteiger partial charge in [-0.15, -0.1) is 0 Å². The number of carbonyl (C=O) groups excluding carboxylic acids is 1. The molecule has 0 aliphatic heterocycles. The molecule has 1 fully saturated rings. The molecule has 1 aromatic rings. The summed E-state index contributed by atoms with van der Waals surface area (Å²) in [6.07, 6.45) is 1.81. The maximum Gasteiger partial charge on any atom is 0.227 e. The summed E-state index contributed by atoms with van der Waals surface area (Å²) in [6.45, 7) is 2.95. The molecule has 0 heterocycles. The van der Waals surface area contributed by atoms with E-state index in [4.69, 9.17) is 10.5 Å².